The van der Waals surface area contributed by atoms with Crippen LogP contribution in [-0.2, 0) is 7.05 Å². The Labute approximate surface area is 84.0 Å². The number of aromatic amines is 1. The summed E-state index contributed by atoms with van der Waals surface area (Å²) in [5.74, 6) is 0.0826. The zero-order chi connectivity index (χ0) is 11.0. The van der Waals surface area contributed by atoms with Crippen LogP contribution >= 0.6 is 0 Å². The van der Waals surface area contributed by atoms with Crippen LogP contribution in [0.2, 0.25) is 0 Å². The largest absolute Gasteiger partial charge is 0.508 e. The summed E-state index contributed by atoms with van der Waals surface area (Å²) in [4.78, 5) is 22.9. The summed E-state index contributed by atoms with van der Waals surface area (Å²) in [5, 5.41) is 11.4. The molecule has 0 atom stereocenters. The fraction of sp³-hybridized carbons (Fsp3) is 0.111. The van der Waals surface area contributed by atoms with Crippen molar-refractivity contribution >= 4 is 0 Å². The van der Waals surface area contributed by atoms with Gasteiger partial charge >= 0.3 is 11.4 Å². The Balaban J connectivity index is 2.69. The van der Waals surface area contributed by atoms with Crippen molar-refractivity contribution in [3.05, 3.63) is 45.2 Å². The van der Waals surface area contributed by atoms with E-state index in [9.17, 15) is 9.59 Å². The third-order valence-corrected chi connectivity index (χ3v) is 2.05. The minimum absolute atomic E-state index is 0.0826. The topological polar surface area (TPSA) is 80.0 Å². The quantitative estimate of drug-likeness (QED) is 0.665. The van der Waals surface area contributed by atoms with Crippen LogP contribution in [0.25, 0.3) is 5.69 Å². The second kappa shape index (κ2) is 3.16. The highest BCUT2D eigenvalue weighted by Gasteiger charge is 2.07. The van der Waals surface area contributed by atoms with Crippen molar-refractivity contribution in [1.82, 2.24) is 14.3 Å². The van der Waals surface area contributed by atoms with Crippen LogP contribution in [-0.4, -0.2) is 19.5 Å². The maximum absolute atomic E-state index is 11.5. The lowest BCUT2D eigenvalue weighted by molar-refractivity contribution is 0.475. The van der Waals surface area contributed by atoms with Gasteiger partial charge in [0.25, 0.3) is 0 Å². The minimum atomic E-state index is -0.506. The molecule has 0 amide bonds. The first-order valence-electron chi connectivity index (χ1n) is 4.27. The first-order valence-corrected chi connectivity index (χ1v) is 4.27. The van der Waals surface area contributed by atoms with Crippen molar-refractivity contribution < 1.29 is 5.11 Å². The summed E-state index contributed by atoms with van der Waals surface area (Å²) < 4.78 is 2.08. The third-order valence-electron chi connectivity index (χ3n) is 2.05. The van der Waals surface area contributed by atoms with Crippen LogP contribution in [0.4, 0.5) is 0 Å². The van der Waals surface area contributed by atoms with E-state index in [1.54, 1.807) is 0 Å². The van der Waals surface area contributed by atoms with Gasteiger partial charge in [0.15, 0.2) is 0 Å². The number of nitrogens with zero attached hydrogens (tertiary/aromatic N) is 2. The molecule has 2 rings (SSSR count). The minimum Gasteiger partial charge on any atom is -0.508 e. The second-order valence-corrected chi connectivity index (χ2v) is 3.11. The van der Waals surface area contributed by atoms with Crippen LogP contribution in [0.5, 0.6) is 5.75 Å². The summed E-state index contributed by atoms with van der Waals surface area (Å²) in [6, 6.07) is 5.81. The molecule has 1 heterocycles. The Morgan fingerprint density at radius 2 is 1.80 bits per heavy atom. The fourth-order valence-electron chi connectivity index (χ4n) is 1.31. The first kappa shape index (κ1) is 9.32. The molecule has 0 aliphatic rings. The van der Waals surface area contributed by atoms with Crippen molar-refractivity contribution in [2.75, 3.05) is 0 Å². The fourth-order valence-corrected chi connectivity index (χ4v) is 1.31. The van der Waals surface area contributed by atoms with Crippen molar-refractivity contribution in [1.29, 1.82) is 0 Å². The molecule has 2 N–H and O–H groups in total. The van der Waals surface area contributed by atoms with E-state index < -0.39 is 11.4 Å². The smallest absolute Gasteiger partial charge is 0.351 e. The molecule has 6 heteroatoms. The Morgan fingerprint density at radius 3 is 2.27 bits per heavy atom. The Kier molecular flexibility index (Phi) is 1.96. The van der Waals surface area contributed by atoms with Gasteiger partial charge in [0.1, 0.15) is 5.75 Å². The van der Waals surface area contributed by atoms with E-state index in [-0.39, 0.29) is 5.75 Å². The zero-order valence-electron chi connectivity index (χ0n) is 7.97. The van der Waals surface area contributed by atoms with Crippen LogP contribution in [0.1, 0.15) is 0 Å². The summed E-state index contributed by atoms with van der Waals surface area (Å²) >= 11 is 0. The number of rotatable bonds is 1. The average molecular weight is 207 g/mol. The number of aryl methyl sites for hydroxylation is 1. The number of aromatic hydroxyl groups is 1. The lowest BCUT2D eigenvalue weighted by Crippen LogP contribution is -2.26. The lowest BCUT2D eigenvalue weighted by atomic mass is 10.3. The number of nitrogens with one attached hydrogen (secondary N) is 1. The maximum Gasteiger partial charge on any atom is 0.351 e. The monoisotopic (exact) mass is 207 g/mol. The highest BCUT2D eigenvalue weighted by molar-refractivity contribution is 5.36. The molecule has 0 spiro atoms. The highest BCUT2D eigenvalue weighted by atomic mass is 16.3. The van der Waals surface area contributed by atoms with Gasteiger partial charge < -0.3 is 5.11 Å². The molecular weight excluding hydrogens is 198 g/mol. The Hall–Kier alpha value is -2.24. The number of hydrogen-bond donors (Lipinski definition) is 2. The number of phenols is 1. The molecule has 6 nitrogen and oxygen atoms in total. The van der Waals surface area contributed by atoms with Crippen molar-refractivity contribution in [2.45, 2.75) is 0 Å². The summed E-state index contributed by atoms with van der Waals surface area (Å²) in [7, 11) is 1.46. The van der Waals surface area contributed by atoms with Gasteiger partial charge in [-0.2, -0.15) is 0 Å². The molecule has 0 saturated carbocycles. The van der Waals surface area contributed by atoms with E-state index in [1.165, 1.54) is 31.3 Å². The summed E-state index contributed by atoms with van der Waals surface area (Å²) in [6.07, 6.45) is 0. The molecule has 78 valence electrons. The lowest BCUT2D eigenvalue weighted by Gasteiger charge is -1.98. The normalized spacial score (nSPS) is 10.5. The van der Waals surface area contributed by atoms with Gasteiger partial charge in [-0.1, -0.05) is 0 Å². The SMILES string of the molecule is Cn1[nH]c(=O)n(-c2ccc(O)cc2)c1=O. The van der Waals surface area contributed by atoms with Gasteiger partial charge in [-0.25, -0.2) is 23.9 Å². The van der Waals surface area contributed by atoms with Crippen LogP contribution in [0.3, 0.4) is 0 Å². The van der Waals surface area contributed by atoms with E-state index in [0.717, 1.165) is 9.25 Å². The molecule has 2 aromatic rings. The third kappa shape index (κ3) is 1.45. The van der Waals surface area contributed by atoms with Gasteiger partial charge in [0.2, 0.25) is 0 Å². The molecule has 0 bridgehead atoms. The molecule has 1 aromatic heterocycles. The predicted octanol–water partition coefficient (Wildman–Crippen LogP) is -0.430. The van der Waals surface area contributed by atoms with Crippen molar-refractivity contribution in [2.24, 2.45) is 7.05 Å². The van der Waals surface area contributed by atoms with E-state index in [0.29, 0.717) is 5.69 Å². The van der Waals surface area contributed by atoms with Gasteiger partial charge in [0.05, 0.1) is 5.69 Å². The van der Waals surface area contributed by atoms with Gasteiger partial charge in [-0.3, -0.25) is 0 Å². The van der Waals surface area contributed by atoms with Crippen molar-refractivity contribution in [3.63, 3.8) is 0 Å². The van der Waals surface area contributed by atoms with Crippen LogP contribution in [0.15, 0.2) is 33.9 Å². The van der Waals surface area contributed by atoms with Gasteiger partial charge in [0, 0.05) is 7.05 Å². The Bertz CT molecular complexity index is 588. The van der Waals surface area contributed by atoms with Crippen LogP contribution < -0.4 is 11.4 Å². The molecule has 0 unspecified atom stereocenters. The molecule has 0 aliphatic carbocycles. The van der Waals surface area contributed by atoms with E-state index in [1.807, 2.05) is 0 Å². The standard InChI is InChI=1S/C9H9N3O3/c1-11-9(15)12(8(14)10-11)6-2-4-7(13)5-3-6/h2-5,13H,1H3,(H,10,14). The summed E-state index contributed by atoms with van der Waals surface area (Å²) in [6.45, 7) is 0. The molecule has 0 aliphatic heterocycles. The number of phenolic OH excluding ortho intramolecular Hbond substituents is 1. The molecule has 1 aromatic carbocycles. The molecule has 15 heavy (non-hydrogen) atoms. The Morgan fingerprint density at radius 1 is 1.20 bits per heavy atom. The first-order chi connectivity index (χ1) is 7.09. The number of benzene rings is 1. The van der Waals surface area contributed by atoms with E-state index in [4.69, 9.17) is 5.11 Å². The van der Waals surface area contributed by atoms with E-state index >= 15 is 0 Å². The number of hydrogen-bond acceptors (Lipinski definition) is 3. The molecule has 0 saturated heterocycles. The second-order valence-electron chi connectivity index (χ2n) is 3.11. The predicted molar refractivity (Wildman–Crippen MR) is 53.3 cm³/mol. The zero-order valence-corrected chi connectivity index (χ0v) is 7.97. The number of H-pyrrole nitrogens is 1. The summed E-state index contributed by atoms with van der Waals surface area (Å²) in [5.41, 5.74) is -0.543. The van der Waals surface area contributed by atoms with E-state index in [2.05, 4.69) is 5.10 Å². The van der Waals surface area contributed by atoms with Gasteiger partial charge in [-0.05, 0) is 24.3 Å². The maximum atomic E-state index is 11.5. The molecular formula is C9H9N3O3. The van der Waals surface area contributed by atoms with Crippen molar-refractivity contribution in [3.8, 4) is 11.4 Å². The van der Waals surface area contributed by atoms with Crippen LogP contribution in [0, 0.1) is 0 Å². The average Bonchev–Trinajstić information content (AvgIpc) is 2.44. The van der Waals surface area contributed by atoms with Gasteiger partial charge in [-0.15, -0.1) is 0 Å². The number of aromatic nitrogens is 3. The highest BCUT2D eigenvalue weighted by Crippen LogP contribution is 2.10. The molecule has 0 fully saturated rings. The molecule has 0 radical (unpaired) electrons.